The molecule has 0 aliphatic rings. The van der Waals surface area contributed by atoms with Crippen LogP contribution in [0, 0.1) is 10.1 Å². The average Bonchev–Trinajstić information content (AvgIpc) is 2.76. The molecular formula is C22H20ClN3O4. The number of hydrogen-bond acceptors (Lipinski definition) is 6. The van der Waals surface area contributed by atoms with Crippen molar-refractivity contribution in [2.24, 2.45) is 5.10 Å². The van der Waals surface area contributed by atoms with Gasteiger partial charge in [0.05, 0.1) is 24.8 Å². The Morgan fingerprint density at radius 1 is 1.10 bits per heavy atom. The van der Waals surface area contributed by atoms with E-state index < -0.39 is 4.92 Å². The number of non-ortho nitro benzene ring substituents is 1. The van der Waals surface area contributed by atoms with Crippen LogP contribution in [0.2, 0.25) is 5.02 Å². The monoisotopic (exact) mass is 425 g/mol. The predicted octanol–water partition coefficient (Wildman–Crippen LogP) is 4.96. The van der Waals surface area contributed by atoms with E-state index in [1.54, 1.807) is 43.7 Å². The van der Waals surface area contributed by atoms with Crippen molar-refractivity contribution in [3.8, 4) is 11.5 Å². The van der Waals surface area contributed by atoms with Gasteiger partial charge in [0, 0.05) is 28.3 Å². The summed E-state index contributed by atoms with van der Waals surface area (Å²) >= 11 is 6.11. The number of nitro benzene ring substituents is 1. The second kappa shape index (κ2) is 10.3. The summed E-state index contributed by atoms with van der Waals surface area (Å²) in [6.45, 7) is 0.759. The molecule has 3 rings (SSSR count). The fraction of sp³-hybridized carbons (Fsp3) is 0.136. The van der Waals surface area contributed by atoms with E-state index in [1.807, 2.05) is 24.3 Å². The van der Waals surface area contributed by atoms with Crippen molar-refractivity contribution < 1.29 is 14.4 Å². The molecule has 154 valence electrons. The standard InChI is InChI=1S/C22H20ClN3O4/c1-29-21-5-3-2-4-17(21)13-24-25-14-18-12-19(23)8-11-22(18)30-15-16-6-9-20(10-7-16)26(27)28/h2-12,14,24H,13,15H2,1H3/b25-14-. The van der Waals surface area contributed by atoms with Gasteiger partial charge in [0.2, 0.25) is 0 Å². The highest BCUT2D eigenvalue weighted by Gasteiger charge is 2.07. The highest BCUT2D eigenvalue weighted by Crippen LogP contribution is 2.23. The zero-order chi connectivity index (χ0) is 21.3. The van der Waals surface area contributed by atoms with Gasteiger partial charge in [-0.1, -0.05) is 29.8 Å². The van der Waals surface area contributed by atoms with Gasteiger partial charge in [-0.2, -0.15) is 5.10 Å². The Kier molecular flexibility index (Phi) is 7.24. The molecule has 3 aromatic rings. The normalized spacial score (nSPS) is 10.7. The molecule has 1 N–H and O–H groups in total. The number of nitrogens with one attached hydrogen (secondary N) is 1. The van der Waals surface area contributed by atoms with Crippen LogP contribution >= 0.6 is 11.6 Å². The van der Waals surface area contributed by atoms with Gasteiger partial charge in [0.1, 0.15) is 18.1 Å². The largest absolute Gasteiger partial charge is 0.496 e. The molecular weight excluding hydrogens is 406 g/mol. The van der Waals surface area contributed by atoms with Gasteiger partial charge in [-0.3, -0.25) is 10.1 Å². The molecule has 0 bridgehead atoms. The van der Waals surface area contributed by atoms with Crippen molar-refractivity contribution in [1.82, 2.24) is 5.43 Å². The van der Waals surface area contributed by atoms with Crippen LogP contribution in [0.5, 0.6) is 11.5 Å². The Labute approximate surface area is 179 Å². The number of para-hydroxylation sites is 1. The number of nitrogens with zero attached hydrogens (tertiary/aromatic N) is 2. The van der Waals surface area contributed by atoms with Crippen LogP contribution in [-0.2, 0) is 13.2 Å². The molecule has 8 heteroatoms. The van der Waals surface area contributed by atoms with E-state index in [1.165, 1.54) is 12.1 Å². The van der Waals surface area contributed by atoms with Crippen LogP contribution in [0.25, 0.3) is 0 Å². The molecule has 0 heterocycles. The van der Waals surface area contributed by atoms with Crippen LogP contribution < -0.4 is 14.9 Å². The summed E-state index contributed by atoms with van der Waals surface area (Å²) in [4.78, 5) is 10.3. The number of nitro groups is 1. The minimum atomic E-state index is -0.434. The van der Waals surface area contributed by atoms with Crippen molar-refractivity contribution in [3.05, 3.63) is 98.6 Å². The lowest BCUT2D eigenvalue weighted by atomic mass is 10.2. The van der Waals surface area contributed by atoms with Gasteiger partial charge in [-0.15, -0.1) is 0 Å². The van der Waals surface area contributed by atoms with Crippen molar-refractivity contribution in [2.75, 3.05) is 7.11 Å². The fourth-order valence-corrected chi connectivity index (χ4v) is 2.90. The molecule has 7 nitrogen and oxygen atoms in total. The maximum absolute atomic E-state index is 10.8. The fourth-order valence-electron chi connectivity index (χ4n) is 2.72. The Balaban J connectivity index is 1.64. The number of hydrazone groups is 1. The van der Waals surface area contributed by atoms with Crippen molar-refractivity contribution >= 4 is 23.5 Å². The third-order valence-corrected chi connectivity index (χ3v) is 4.51. The maximum atomic E-state index is 10.8. The Morgan fingerprint density at radius 2 is 1.87 bits per heavy atom. The van der Waals surface area contributed by atoms with Crippen LogP contribution in [0.15, 0.2) is 71.8 Å². The molecule has 3 aromatic carbocycles. The second-order valence-corrected chi connectivity index (χ2v) is 6.74. The van der Waals surface area contributed by atoms with Gasteiger partial charge in [0.15, 0.2) is 0 Å². The summed E-state index contributed by atoms with van der Waals surface area (Å²) in [5, 5.41) is 15.6. The van der Waals surface area contributed by atoms with E-state index in [-0.39, 0.29) is 12.3 Å². The van der Waals surface area contributed by atoms with Gasteiger partial charge in [-0.05, 0) is 42.0 Å². The van der Waals surface area contributed by atoms with Gasteiger partial charge in [-0.25, -0.2) is 0 Å². The van der Waals surface area contributed by atoms with Crippen LogP contribution in [-0.4, -0.2) is 18.2 Å². The summed E-state index contributed by atoms with van der Waals surface area (Å²) in [6, 6.07) is 19.2. The van der Waals surface area contributed by atoms with Crippen molar-refractivity contribution in [3.63, 3.8) is 0 Å². The van der Waals surface area contributed by atoms with Crippen LogP contribution in [0.1, 0.15) is 16.7 Å². The van der Waals surface area contributed by atoms with Crippen molar-refractivity contribution in [2.45, 2.75) is 13.2 Å². The average molecular weight is 426 g/mol. The lowest BCUT2D eigenvalue weighted by Crippen LogP contribution is -2.07. The molecule has 0 aliphatic carbocycles. The van der Waals surface area contributed by atoms with Crippen LogP contribution in [0.3, 0.4) is 0 Å². The number of methoxy groups -OCH3 is 1. The topological polar surface area (TPSA) is 86.0 Å². The summed E-state index contributed by atoms with van der Waals surface area (Å²) < 4.78 is 11.2. The Hall–Kier alpha value is -3.58. The Morgan fingerprint density at radius 3 is 2.60 bits per heavy atom. The summed E-state index contributed by atoms with van der Waals surface area (Å²) in [5.41, 5.74) is 5.53. The smallest absolute Gasteiger partial charge is 0.269 e. The first kappa shape index (κ1) is 21.1. The minimum absolute atomic E-state index is 0.0409. The highest BCUT2D eigenvalue weighted by molar-refractivity contribution is 6.30. The van der Waals surface area contributed by atoms with E-state index in [4.69, 9.17) is 21.1 Å². The number of halogens is 1. The number of benzene rings is 3. The zero-order valence-electron chi connectivity index (χ0n) is 16.2. The zero-order valence-corrected chi connectivity index (χ0v) is 17.0. The molecule has 0 fully saturated rings. The highest BCUT2D eigenvalue weighted by atomic mass is 35.5. The first-order chi connectivity index (χ1) is 14.6. The minimum Gasteiger partial charge on any atom is -0.496 e. The molecule has 0 amide bonds. The van der Waals surface area contributed by atoms with Crippen molar-refractivity contribution in [1.29, 1.82) is 0 Å². The SMILES string of the molecule is COc1ccccc1CN/N=C\c1cc(Cl)ccc1OCc1ccc([N+](=O)[O-])cc1. The third-order valence-electron chi connectivity index (χ3n) is 4.27. The number of rotatable bonds is 9. The predicted molar refractivity (Wildman–Crippen MR) is 116 cm³/mol. The van der Waals surface area contributed by atoms with E-state index in [0.717, 1.165) is 16.9 Å². The van der Waals surface area contributed by atoms with E-state index in [0.29, 0.717) is 22.9 Å². The molecule has 30 heavy (non-hydrogen) atoms. The lowest BCUT2D eigenvalue weighted by molar-refractivity contribution is -0.384. The van der Waals surface area contributed by atoms with Gasteiger partial charge < -0.3 is 14.9 Å². The Bertz CT molecular complexity index is 1040. The third kappa shape index (κ3) is 5.71. The van der Waals surface area contributed by atoms with Gasteiger partial charge >= 0.3 is 0 Å². The molecule has 0 radical (unpaired) electrons. The molecule has 0 unspecified atom stereocenters. The molecule has 0 spiro atoms. The van der Waals surface area contributed by atoms with Crippen LogP contribution in [0.4, 0.5) is 5.69 Å². The molecule has 0 aromatic heterocycles. The van der Waals surface area contributed by atoms with E-state index in [9.17, 15) is 10.1 Å². The van der Waals surface area contributed by atoms with E-state index >= 15 is 0 Å². The maximum Gasteiger partial charge on any atom is 0.269 e. The first-order valence-corrected chi connectivity index (χ1v) is 9.48. The van der Waals surface area contributed by atoms with E-state index in [2.05, 4.69) is 10.5 Å². The summed E-state index contributed by atoms with van der Waals surface area (Å²) in [5.74, 6) is 1.38. The first-order valence-electron chi connectivity index (χ1n) is 9.10. The molecule has 0 saturated heterocycles. The molecule has 0 aliphatic heterocycles. The summed E-state index contributed by atoms with van der Waals surface area (Å²) in [7, 11) is 1.63. The number of hydrogen-bond donors (Lipinski definition) is 1. The second-order valence-electron chi connectivity index (χ2n) is 6.30. The summed E-state index contributed by atoms with van der Waals surface area (Å²) in [6.07, 6.45) is 1.63. The number of ether oxygens (including phenoxy) is 2. The quantitative estimate of drug-likeness (QED) is 0.297. The van der Waals surface area contributed by atoms with Gasteiger partial charge in [0.25, 0.3) is 5.69 Å². The molecule has 0 saturated carbocycles. The molecule has 0 atom stereocenters. The lowest BCUT2D eigenvalue weighted by Gasteiger charge is -2.10.